The highest BCUT2D eigenvalue weighted by molar-refractivity contribution is 5.89. The first-order valence-corrected chi connectivity index (χ1v) is 6.59. The number of rotatable bonds is 4. The van der Waals surface area contributed by atoms with Gasteiger partial charge >= 0.3 is 12.0 Å². The largest absolute Gasteiger partial charge is 0.480 e. The first-order chi connectivity index (χ1) is 8.99. The van der Waals surface area contributed by atoms with E-state index in [1.54, 1.807) is 6.92 Å². The molecule has 3 N–H and O–H groups in total. The molecule has 2 atom stereocenters. The van der Waals surface area contributed by atoms with Crippen LogP contribution in [0.5, 0.6) is 0 Å². The predicted octanol–water partition coefficient (Wildman–Crippen LogP) is -0.0879. The smallest absolute Gasteiger partial charge is 0.326 e. The van der Waals surface area contributed by atoms with Crippen LogP contribution in [-0.2, 0) is 9.59 Å². The van der Waals surface area contributed by atoms with Gasteiger partial charge in [-0.05, 0) is 32.6 Å². The average Bonchev–Trinajstić information content (AvgIpc) is 3.01. The summed E-state index contributed by atoms with van der Waals surface area (Å²) in [6.45, 7) is 2.02. The van der Waals surface area contributed by atoms with Crippen LogP contribution in [-0.4, -0.2) is 52.6 Å². The van der Waals surface area contributed by atoms with Crippen molar-refractivity contribution < 1.29 is 19.5 Å². The minimum Gasteiger partial charge on any atom is -0.480 e. The molecule has 1 saturated heterocycles. The Balaban J connectivity index is 1.85. The summed E-state index contributed by atoms with van der Waals surface area (Å²) in [5.41, 5.74) is 0. The lowest BCUT2D eigenvalue weighted by atomic mass is 10.2. The van der Waals surface area contributed by atoms with Crippen LogP contribution in [0.1, 0.15) is 32.6 Å². The molecule has 2 aliphatic rings. The third kappa shape index (κ3) is 3.36. The van der Waals surface area contributed by atoms with Crippen molar-refractivity contribution >= 4 is 17.9 Å². The predicted molar refractivity (Wildman–Crippen MR) is 66.5 cm³/mol. The summed E-state index contributed by atoms with van der Waals surface area (Å²) in [5.74, 6) is -1.22. The maximum atomic E-state index is 11.9. The van der Waals surface area contributed by atoms with E-state index in [4.69, 9.17) is 5.11 Å². The molecule has 0 aromatic rings. The van der Waals surface area contributed by atoms with Gasteiger partial charge in [-0.2, -0.15) is 0 Å². The second kappa shape index (κ2) is 5.46. The molecular weight excluding hydrogens is 250 g/mol. The van der Waals surface area contributed by atoms with Gasteiger partial charge in [-0.1, -0.05) is 0 Å². The van der Waals surface area contributed by atoms with Crippen LogP contribution in [0.2, 0.25) is 0 Å². The van der Waals surface area contributed by atoms with E-state index in [1.165, 1.54) is 4.90 Å². The van der Waals surface area contributed by atoms with Crippen molar-refractivity contribution in [1.29, 1.82) is 0 Å². The third-order valence-corrected chi connectivity index (χ3v) is 3.46. The number of carbonyl (C=O) groups is 3. The van der Waals surface area contributed by atoms with Crippen molar-refractivity contribution in [2.75, 3.05) is 6.54 Å². The molecule has 2 fully saturated rings. The summed E-state index contributed by atoms with van der Waals surface area (Å²) in [6, 6.07) is -1.67. The highest BCUT2D eigenvalue weighted by atomic mass is 16.4. The SMILES string of the molecule is CC(NC(=O)N1CCCC1C(=O)O)C(=O)NC1CC1. The maximum Gasteiger partial charge on any atom is 0.326 e. The number of aliphatic carboxylic acids is 1. The Morgan fingerprint density at radius 3 is 2.53 bits per heavy atom. The second-order valence-electron chi connectivity index (χ2n) is 5.14. The highest BCUT2D eigenvalue weighted by Crippen LogP contribution is 2.19. The van der Waals surface area contributed by atoms with E-state index in [2.05, 4.69) is 10.6 Å². The van der Waals surface area contributed by atoms with Gasteiger partial charge in [0, 0.05) is 12.6 Å². The van der Waals surface area contributed by atoms with Gasteiger partial charge in [0.25, 0.3) is 0 Å². The van der Waals surface area contributed by atoms with Crippen molar-refractivity contribution in [3.05, 3.63) is 0 Å². The Bertz CT molecular complexity index is 394. The van der Waals surface area contributed by atoms with E-state index in [1.807, 2.05) is 0 Å². The number of amides is 3. The van der Waals surface area contributed by atoms with Gasteiger partial charge in [0.15, 0.2) is 0 Å². The van der Waals surface area contributed by atoms with Crippen molar-refractivity contribution in [2.45, 2.75) is 50.7 Å². The van der Waals surface area contributed by atoms with Gasteiger partial charge in [-0.15, -0.1) is 0 Å². The Labute approximate surface area is 111 Å². The zero-order valence-corrected chi connectivity index (χ0v) is 10.9. The van der Waals surface area contributed by atoms with E-state index in [9.17, 15) is 14.4 Å². The van der Waals surface area contributed by atoms with Gasteiger partial charge in [-0.3, -0.25) is 4.79 Å². The quantitative estimate of drug-likeness (QED) is 0.664. The summed E-state index contributed by atoms with van der Waals surface area (Å²) >= 11 is 0. The van der Waals surface area contributed by atoms with Crippen LogP contribution in [0, 0.1) is 0 Å². The molecule has 0 aromatic heterocycles. The van der Waals surface area contributed by atoms with Crippen LogP contribution < -0.4 is 10.6 Å². The fourth-order valence-corrected chi connectivity index (χ4v) is 2.15. The minimum atomic E-state index is -0.997. The van der Waals surface area contributed by atoms with Crippen LogP contribution in [0.25, 0.3) is 0 Å². The average molecular weight is 269 g/mol. The van der Waals surface area contributed by atoms with Gasteiger partial charge < -0.3 is 20.6 Å². The molecule has 2 unspecified atom stereocenters. The lowest BCUT2D eigenvalue weighted by Gasteiger charge is -2.24. The first kappa shape index (κ1) is 13.6. The number of carboxylic acid groups (broad SMARTS) is 1. The van der Waals surface area contributed by atoms with Crippen LogP contribution in [0.4, 0.5) is 4.79 Å². The topological polar surface area (TPSA) is 98.7 Å². The highest BCUT2D eigenvalue weighted by Gasteiger charge is 2.35. The molecule has 106 valence electrons. The summed E-state index contributed by atoms with van der Waals surface area (Å²) < 4.78 is 0. The fourth-order valence-electron chi connectivity index (χ4n) is 2.15. The summed E-state index contributed by atoms with van der Waals surface area (Å²) in [7, 11) is 0. The number of hydrogen-bond acceptors (Lipinski definition) is 3. The van der Waals surface area contributed by atoms with Gasteiger partial charge in [0.1, 0.15) is 12.1 Å². The standard InChI is InChI=1S/C12H19N3O4/c1-7(10(16)14-8-4-5-8)13-12(19)15-6-2-3-9(15)11(17)18/h7-9H,2-6H2,1H3,(H,13,19)(H,14,16)(H,17,18). The van der Waals surface area contributed by atoms with Crippen molar-refractivity contribution in [3.63, 3.8) is 0 Å². The van der Waals surface area contributed by atoms with Gasteiger partial charge in [0.05, 0.1) is 0 Å². The minimum absolute atomic E-state index is 0.220. The number of likely N-dealkylation sites (tertiary alicyclic amines) is 1. The summed E-state index contributed by atoms with van der Waals surface area (Å²) in [4.78, 5) is 35.9. The Hall–Kier alpha value is -1.79. The lowest BCUT2D eigenvalue weighted by molar-refractivity contribution is -0.141. The molecule has 0 radical (unpaired) electrons. The van der Waals surface area contributed by atoms with Crippen LogP contribution in [0.3, 0.4) is 0 Å². The van der Waals surface area contributed by atoms with E-state index in [-0.39, 0.29) is 11.9 Å². The fraction of sp³-hybridized carbons (Fsp3) is 0.750. The number of hydrogen-bond donors (Lipinski definition) is 3. The molecule has 7 nitrogen and oxygen atoms in total. The molecular formula is C12H19N3O4. The number of urea groups is 1. The van der Waals surface area contributed by atoms with Crippen LogP contribution in [0.15, 0.2) is 0 Å². The molecule has 3 amide bonds. The molecule has 7 heteroatoms. The zero-order valence-electron chi connectivity index (χ0n) is 10.9. The first-order valence-electron chi connectivity index (χ1n) is 6.59. The molecule has 1 saturated carbocycles. The molecule has 1 heterocycles. The molecule has 19 heavy (non-hydrogen) atoms. The molecule has 0 bridgehead atoms. The normalized spacial score (nSPS) is 23.8. The Kier molecular flexibility index (Phi) is 3.92. The number of carbonyl (C=O) groups excluding carboxylic acids is 2. The lowest BCUT2D eigenvalue weighted by Crippen LogP contribution is -2.52. The Morgan fingerprint density at radius 1 is 1.26 bits per heavy atom. The monoisotopic (exact) mass is 269 g/mol. The van der Waals surface area contributed by atoms with E-state index in [0.29, 0.717) is 19.4 Å². The van der Waals surface area contributed by atoms with Crippen LogP contribution >= 0.6 is 0 Å². The Morgan fingerprint density at radius 2 is 1.95 bits per heavy atom. The molecule has 0 spiro atoms. The van der Waals surface area contributed by atoms with E-state index in [0.717, 1.165) is 12.8 Å². The van der Waals surface area contributed by atoms with Crippen molar-refractivity contribution in [3.8, 4) is 0 Å². The molecule has 1 aliphatic carbocycles. The molecule has 2 rings (SSSR count). The summed E-state index contributed by atoms with van der Waals surface area (Å²) in [6.07, 6.45) is 3.11. The van der Waals surface area contributed by atoms with E-state index < -0.39 is 24.1 Å². The van der Waals surface area contributed by atoms with Gasteiger partial charge in [0.2, 0.25) is 5.91 Å². The number of nitrogens with one attached hydrogen (secondary N) is 2. The zero-order chi connectivity index (χ0) is 14.0. The number of nitrogens with zero attached hydrogens (tertiary/aromatic N) is 1. The maximum absolute atomic E-state index is 11.9. The third-order valence-electron chi connectivity index (χ3n) is 3.46. The van der Waals surface area contributed by atoms with Crippen molar-refractivity contribution in [1.82, 2.24) is 15.5 Å². The van der Waals surface area contributed by atoms with Gasteiger partial charge in [-0.25, -0.2) is 9.59 Å². The molecule has 1 aliphatic heterocycles. The summed E-state index contributed by atoms with van der Waals surface area (Å²) in [5, 5.41) is 14.3. The second-order valence-corrected chi connectivity index (χ2v) is 5.14. The van der Waals surface area contributed by atoms with E-state index >= 15 is 0 Å². The van der Waals surface area contributed by atoms with Crippen molar-refractivity contribution in [2.24, 2.45) is 0 Å². The molecule has 0 aromatic carbocycles. The number of carboxylic acids is 1.